The van der Waals surface area contributed by atoms with Gasteiger partial charge in [0.1, 0.15) is 5.69 Å². The average molecular weight is 295 g/mol. The third kappa shape index (κ3) is 4.75. The Kier molecular flexibility index (Phi) is 4.85. The van der Waals surface area contributed by atoms with Crippen LogP contribution in [0.15, 0.2) is 18.2 Å². The Labute approximate surface area is 121 Å². The van der Waals surface area contributed by atoms with E-state index in [2.05, 4.69) is 10.6 Å². The van der Waals surface area contributed by atoms with Gasteiger partial charge >= 0.3 is 5.97 Å². The van der Waals surface area contributed by atoms with E-state index in [1.807, 2.05) is 0 Å². The molecule has 8 nitrogen and oxygen atoms in total. The maximum atomic E-state index is 11.7. The van der Waals surface area contributed by atoms with Gasteiger partial charge in [0.25, 0.3) is 5.69 Å². The number of nitro groups is 1. The molecule has 114 valence electrons. The van der Waals surface area contributed by atoms with Gasteiger partial charge in [0.05, 0.1) is 17.0 Å². The van der Waals surface area contributed by atoms with Crippen LogP contribution in [0.2, 0.25) is 0 Å². The van der Waals surface area contributed by atoms with Crippen LogP contribution in [-0.2, 0) is 4.79 Å². The van der Waals surface area contributed by atoms with Crippen LogP contribution in [0, 0.1) is 10.1 Å². The van der Waals surface area contributed by atoms with E-state index in [9.17, 15) is 19.7 Å². The summed E-state index contributed by atoms with van der Waals surface area (Å²) >= 11 is 0. The van der Waals surface area contributed by atoms with Crippen molar-refractivity contribution in [2.75, 3.05) is 11.9 Å². The number of aromatic carboxylic acids is 1. The number of carboxylic acids is 1. The fourth-order valence-corrected chi connectivity index (χ4v) is 1.69. The zero-order valence-corrected chi connectivity index (χ0v) is 12.0. The average Bonchev–Trinajstić information content (AvgIpc) is 2.33. The first-order valence-corrected chi connectivity index (χ1v) is 6.17. The van der Waals surface area contributed by atoms with Crippen LogP contribution in [0.4, 0.5) is 11.4 Å². The molecular weight excluding hydrogens is 278 g/mol. The first-order chi connectivity index (χ1) is 9.61. The number of amides is 1. The molecule has 0 radical (unpaired) electrons. The predicted molar refractivity (Wildman–Crippen MR) is 76.4 cm³/mol. The molecule has 3 N–H and O–H groups in total. The van der Waals surface area contributed by atoms with Crippen LogP contribution < -0.4 is 10.6 Å². The van der Waals surface area contributed by atoms with Crippen LogP contribution in [-0.4, -0.2) is 34.0 Å². The van der Waals surface area contributed by atoms with Gasteiger partial charge in [-0.25, -0.2) is 4.79 Å². The summed E-state index contributed by atoms with van der Waals surface area (Å²) in [6.45, 7) is 5.11. The number of carboxylic acid groups (broad SMARTS) is 1. The lowest BCUT2D eigenvalue weighted by molar-refractivity contribution is -0.384. The van der Waals surface area contributed by atoms with E-state index >= 15 is 0 Å². The predicted octanol–water partition coefficient (Wildman–Crippen LogP) is 1.62. The van der Waals surface area contributed by atoms with Crippen LogP contribution in [0.25, 0.3) is 0 Å². The summed E-state index contributed by atoms with van der Waals surface area (Å²) in [4.78, 5) is 33.1. The Morgan fingerprint density at radius 1 is 1.33 bits per heavy atom. The number of rotatable bonds is 5. The molecule has 0 spiro atoms. The van der Waals surface area contributed by atoms with E-state index < -0.39 is 28.0 Å². The number of hydrogen-bond acceptors (Lipinski definition) is 5. The third-order valence-corrected chi connectivity index (χ3v) is 2.41. The minimum atomic E-state index is -1.31. The normalized spacial score (nSPS) is 10.8. The molecule has 0 aliphatic carbocycles. The molecule has 21 heavy (non-hydrogen) atoms. The second-order valence-corrected chi connectivity index (χ2v) is 5.41. The molecule has 8 heteroatoms. The Bertz CT molecular complexity index is 545. The SMILES string of the molecule is CC(C)(C)NC(=O)CNc1c(C(=O)O)cccc1[N+](=O)[O-]. The fraction of sp³-hybridized carbons (Fsp3) is 0.385. The lowest BCUT2D eigenvalue weighted by atomic mass is 10.1. The summed E-state index contributed by atoms with van der Waals surface area (Å²) in [5.74, 6) is -1.70. The zero-order chi connectivity index (χ0) is 16.2. The van der Waals surface area contributed by atoms with Crippen molar-refractivity contribution in [2.24, 2.45) is 0 Å². The minimum absolute atomic E-state index is 0.181. The molecule has 0 saturated heterocycles. The van der Waals surface area contributed by atoms with E-state index in [4.69, 9.17) is 5.11 Å². The number of para-hydroxylation sites is 1. The minimum Gasteiger partial charge on any atom is -0.478 e. The number of carbonyl (C=O) groups is 2. The Hall–Kier alpha value is -2.64. The molecule has 1 aromatic carbocycles. The highest BCUT2D eigenvalue weighted by atomic mass is 16.6. The van der Waals surface area contributed by atoms with Crippen molar-refractivity contribution in [1.82, 2.24) is 5.32 Å². The molecule has 0 atom stereocenters. The van der Waals surface area contributed by atoms with Crippen molar-refractivity contribution in [3.05, 3.63) is 33.9 Å². The van der Waals surface area contributed by atoms with Gasteiger partial charge in [0, 0.05) is 11.6 Å². The number of hydrogen-bond donors (Lipinski definition) is 3. The summed E-state index contributed by atoms with van der Waals surface area (Å²) in [6.07, 6.45) is 0. The fourth-order valence-electron chi connectivity index (χ4n) is 1.69. The van der Waals surface area contributed by atoms with Crippen molar-refractivity contribution < 1.29 is 19.6 Å². The summed E-state index contributed by atoms with van der Waals surface area (Å²) in [6, 6.07) is 3.69. The number of anilines is 1. The van der Waals surface area contributed by atoms with Crippen molar-refractivity contribution in [3.63, 3.8) is 0 Å². The molecule has 0 heterocycles. The zero-order valence-electron chi connectivity index (χ0n) is 12.0. The smallest absolute Gasteiger partial charge is 0.338 e. The molecule has 0 fully saturated rings. The monoisotopic (exact) mass is 295 g/mol. The van der Waals surface area contributed by atoms with E-state index in [0.717, 1.165) is 0 Å². The molecule has 1 aromatic rings. The van der Waals surface area contributed by atoms with Crippen molar-refractivity contribution in [1.29, 1.82) is 0 Å². The lowest BCUT2D eigenvalue weighted by Crippen LogP contribution is -2.43. The first-order valence-electron chi connectivity index (χ1n) is 6.17. The maximum Gasteiger partial charge on any atom is 0.338 e. The standard InChI is InChI=1S/C13H17N3O5/c1-13(2,3)15-10(17)7-14-11-8(12(18)19)5-4-6-9(11)16(20)21/h4-6,14H,7H2,1-3H3,(H,15,17)(H,18,19). The quantitative estimate of drug-likeness (QED) is 0.560. The van der Waals surface area contributed by atoms with Gasteiger partial charge in [-0.3, -0.25) is 14.9 Å². The molecule has 0 aliphatic rings. The van der Waals surface area contributed by atoms with Gasteiger partial charge in [-0.15, -0.1) is 0 Å². The number of carbonyl (C=O) groups excluding carboxylic acids is 1. The van der Waals surface area contributed by atoms with Crippen LogP contribution in [0.3, 0.4) is 0 Å². The second kappa shape index (κ2) is 6.21. The number of nitro benzene ring substituents is 1. The van der Waals surface area contributed by atoms with Crippen LogP contribution in [0.5, 0.6) is 0 Å². The van der Waals surface area contributed by atoms with Gasteiger partial charge in [0.15, 0.2) is 0 Å². The summed E-state index contributed by atoms with van der Waals surface area (Å²) in [5, 5.41) is 25.2. The van der Waals surface area contributed by atoms with Crippen molar-refractivity contribution in [3.8, 4) is 0 Å². The van der Waals surface area contributed by atoms with Crippen molar-refractivity contribution >= 4 is 23.3 Å². The highest BCUT2D eigenvalue weighted by Gasteiger charge is 2.22. The number of benzene rings is 1. The molecule has 0 unspecified atom stereocenters. The Balaban J connectivity index is 2.98. The molecule has 0 aromatic heterocycles. The van der Waals surface area contributed by atoms with Crippen LogP contribution >= 0.6 is 0 Å². The molecule has 0 aliphatic heterocycles. The first kappa shape index (κ1) is 16.4. The van der Waals surface area contributed by atoms with Gasteiger partial charge in [-0.05, 0) is 26.8 Å². The Morgan fingerprint density at radius 3 is 2.43 bits per heavy atom. The molecule has 0 bridgehead atoms. The Morgan fingerprint density at radius 2 is 1.95 bits per heavy atom. The van der Waals surface area contributed by atoms with Gasteiger partial charge in [-0.2, -0.15) is 0 Å². The maximum absolute atomic E-state index is 11.7. The van der Waals surface area contributed by atoms with Crippen molar-refractivity contribution in [2.45, 2.75) is 26.3 Å². The largest absolute Gasteiger partial charge is 0.478 e. The molecule has 1 amide bonds. The van der Waals surface area contributed by atoms with Gasteiger partial charge in [0.2, 0.25) is 5.91 Å². The summed E-state index contributed by atoms with van der Waals surface area (Å²) in [7, 11) is 0. The van der Waals surface area contributed by atoms with Crippen LogP contribution in [0.1, 0.15) is 31.1 Å². The van der Waals surface area contributed by atoms with E-state index in [1.165, 1.54) is 18.2 Å². The molecule has 0 saturated carbocycles. The number of nitrogens with one attached hydrogen (secondary N) is 2. The highest BCUT2D eigenvalue weighted by Crippen LogP contribution is 2.28. The van der Waals surface area contributed by atoms with E-state index in [-0.39, 0.29) is 17.8 Å². The lowest BCUT2D eigenvalue weighted by Gasteiger charge is -2.20. The van der Waals surface area contributed by atoms with Gasteiger partial charge in [-0.1, -0.05) is 6.07 Å². The highest BCUT2D eigenvalue weighted by molar-refractivity contribution is 5.97. The number of nitrogens with zero attached hydrogens (tertiary/aromatic N) is 1. The summed E-state index contributed by atoms with van der Waals surface area (Å²) in [5.41, 5.74) is -1.28. The van der Waals surface area contributed by atoms with E-state index in [1.54, 1.807) is 20.8 Å². The molecular formula is C13H17N3O5. The topological polar surface area (TPSA) is 122 Å². The third-order valence-electron chi connectivity index (χ3n) is 2.41. The summed E-state index contributed by atoms with van der Waals surface area (Å²) < 4.78 is 0. The second-order valence-electron chi connectivity index (χ2n) is 5.41. The molecule has 1 rings (SSSR count). The van der Waals surface area contributed by atoms with E-state index in [0.29, 0.717) is 0 Å². The van der Waals surface area contributed by atoms with Gasteiger partial charge < -0.3 is 15.7 Å².